The van der Waals surface area contributed by atoms with Crippen LogP contribution in [-0.4, -0.2) is 24.6 Å². The summed E-state index contributed by atoms with van der Waals surface area (Å²) in [7, 11) is 0. The topological polar surface area (TPSA) is 64.6 Å². The maximum absolute atomic E-state index is 12.8. The molecule has 6 heteroatoms. The number of carbonyl (C=O) groups is 2. The maximum atomic E-state index is 12.8. The fraction of sp³-hybridized carbons (Fsp3) is 0.455. The number of ether oxygens (including phenoxy) is 2. The van der Waals surface area contributed by atoms with Gasteiger partial charge in [-0.2, -0.15) is 0 Å². The van der Waals surface area contributed by atoms with Crippen molar-refractivity contribution in [2.24, 2.45) is 0 Å². The lowest BCUT2D eigenvalue weighted by Gasteiger charge is -2.17. The Balaban J connectivity index is 1.80. The van der Waals surface area contributed by atoms with E-state index in [1.807, 2.05) is 32.0 Å². The van der Waals surface area contributed by atoms with Crippen LogP contribution in [0.15, 0.2) is 18.2 Å². The van der Waals surface area contributed by atoms with Gasteiger partial charge in [-0.3, -0.25) is 4.79 Å². The summed E-state index contributed by atoms with van der Waals surface area (Å²) < 4.78 is 11.1. The quantitative estimate of drug-likeness (QED) is 0.705. The number of benzene rings is 1. The lowest BCUT2D eigenvalue weighted by atomic mass is 9.95. The zero-order valence-corrected chi connectivity index (χ0v) is 17.7. The van der Waals surface area contributed by atoms with Gasteiger partial charge in [0.1, 0.15) is 10.8 Å². The van der Waals surface area contributed by atoms with Gasteiger partial charge < -0.3 is 14.8 Å². The molecule has 1 N–H and O–H groups in total. The molecule has 150 valence electrons. The first-order chi connectivity index (χ1) is 13.4. The molecule has 0 spiro atoms. The average Bonchev–Trinajstić information content (AvgIpc) is 3.03. The predicted octanol–water partition coefficient (Wildman–Crippen LogP) is 4.83. The van der Waals surface area contributed by atoms with Crippen LogP contribution < -0.4 is 10.1 Å². The molecule has 1 amide bonds. The molecule has 0 aliphatic heterocycles. The Kier molecular flexibility index (Phi) is 6.39. The van der Waals surface area contributed by atoms with Crippen LogP contribution in [0.2, 0.25) is 0 Å². The van der Waals surface area contributed by atoms with Gasteiger partial charge in [-0.1, -0.05) is 12.1 Å². The number of anilines is 1. The highest BCUT2D eigenvalue weighted by molar-refractivity contribution is 7.17. The van der Waals surface area contributed by atoms with Gasteiger partial charge in [-0.25, -0.2) is 4.79 Å². The van der Waals surface area contributed by atoms with E-state index in [4.69, 9.17) is 9.47 Å². The fourth-order valence-corrected chi connectivity index (χ4v) is 4.66. The van der Waals surface area contributed by atoms with Gasteiger partial charge in [-0.15, -0.1) is 11.3 Å². The molecular weight excluding hydrogens is 374 g/mol. The summed E-state index contributed by atoms with van der Waals surface area (Å²) in [5.41, 5.74) is 3.68. The van der Waals surface area contributed by atoms with Crippen LogP contribution in [-0.2, 0) is 22.4 Å². The van der Waals surface area contributed by atoms with Gasteiger partial charge in [-0.05, 0) is 76.1 Å². The molecule has 1 aromatic heterocycles. The van der Waals surface area contributed by atoms with Crippen molar-refractivity contribution in [1.82, 2.24) is 0 Å². The van der Waals surface area contributed by atoms with Gasteiger partial charge in [0.15, 0.2) is 6.10 Å². The van der Waals surface area contributed by atoms with Crippen molar-refractivity contribution in [3.63, 3.8) is 0 Å². The largest absolute Gasteiger partial charge is 0.481 e. The van der Waals surface area contributed by atoms with E-state index in [-0.39, 0.29) is 11.9 Å². The molecule has 28 heavy (non-hydrogen) atoms. The molecule has 1 heterocycles. The Morgan fingerprint density at radius 1 is 1.21 bits per heavy atom. The molecule has 0 saturated heterocycles. The van der Waals surface area contributed by atoms with E-state index < -0.39 is 6.10 Å². The van der Waals surface area contributed by atoms with E-state index in [0.717, 1.165) is 42.4 Å². The van der Waals surface area contributed by atoms with Gasteiger partial charge in [0.2, 0.25) is 0 Å². The summed E-state index contributed by atoms with van der Waals surface area (Å²) >= 11 is 1.49. The first kappa shape index (κ1) is 20.4. The molecule has 0 radical (unpaired) electrons. The third-order valence-electron chi connectivity index (χ3n) is 5.12. The number of hydrogen-bond donors (Lipinski definition) is 1. The highest BCUT2D eigenvalue weighted by Gasteiger charge is 2.28. The summed E-state index contributed by atoms with van der Waals surface area (Å²) in [5.74, 6) is 0.0593. The molecule has 2 aromatic rings. The van der Waals surface area contributed by atoms with Crippen LogP contribution in [0.3, 0.4) is 0 Å². The first-order valence-electron chi connectivity index (χ1n) is 9.77. The standard InChI is InChI=1S/C22H27NO4S/c1-5-26-22(25)19-16-10-6-7-12-18(16)28-21(19)23-20(24)15(4)27-17-11-8-9-13(2)14(17)3/h8-9,11,15H,5-7,10,12H2,1-4H3,(H,23,24)/t15-/m1/s1. The van der Waals surface area contributed by atoms with Crippen LogP contribution in [0.1, 0.15) is 58.6 Å². The second-order valence-electron chi connectivity index (χ2n) is 7.08. The van der Waals surface area contributed by atoms with E-state index in [9.17, 15) is 9.59 Å². The zero-order chi connectivity index (χ0) is 20.3. The van der Waals surface area contributed by atoms with Crippen molar-refractivity contribution >= 4 is 28.2 Å². The second-order valence-corrected chi connectivity index (χ2v) is 8.19. The van der Waals surface area contributed by atoms with Crippen LogP contribution in [0.5, 0.6) is 5.75 Å². The lowest BCUT2D eigenvalue weighted by Crippen LogP contribution is -2.30. The van der Waals surface area contributed by atoms with Crippen molar-refractivity contribution in [3.05, 3.63) is 45.3 Å². The Morgan fingerprint density at radius 3 is 2.71 bits per heavy atom. The Bertz CT molecular complexity index is 887. The number of fused-ring (bicyclic) bond motifs is 1. The van der Waals surface area contributed by atoms with Crippen molar-refractivity contribution in [1.29, 1.82) is 0 Å². The van der Waals surface area contributed by atoms with Gasteiger partial charge >= 0.3 is 5.97 Å². The Hall–Kier alpha value is -2.34. The molecule has 1 atom stereocenters. The third kappa shape index (κ3) is 4.22. The number of aryl methyl sites for hydroxylation is 2. The number of amides is 1. The SMILES string of the molecule is CCOC(=O)c1c(NC(=O)[C@@H](C)Oc2cccc(C)c2C)sc2c1CCCC2. The molecule has 0 bridgehead atoms. The Labute approximate surface area is 170 Å². The lowest BCUT2D eigenvalue weighted by molar-refractivity contribution is -0.122. The van der Waals surface area contributed by atoms with Crippen LogP contribution in [0.25, 0.3) is 0 Å². The molecule has 5 nitrogen and oxygen atoms in total. The van der Waals surface area contributed by atoms with Crippen molar-refractivity contribution in [2.75, 3.05) is 11.9 Å². The van der Waals surface area contributed by atoms with Crippen molar-refractivity contribution in [3.8, 4) is 5.75 Å². The normalized spacial score (nSPS) is 14.1. The molecule has 3 rings (SSSR count). The summed E-state index contributed by atoms with van der Waals surface area (Å²) in [6, 6.07) is 5.78. The zero-order valence-electron chi connectivity index (χ0n) is 16.9. The number of thiophene rings is 1. The van der Waals surface area contributed by atoms with Crippen molar-refractivity contribution in [2.45, 2.75) is 59.5 Å². The molecule has 0 fully saturated rings. The number of rotatable bonds is 6. The average molecular weight is 402 g/mol. The summed E-state index contributed by atoms with van der Waals surface area (Å²) in [6.45, 7) is 7.79. The van der Waals surface area contributed by atoms with Gasteiger partial charge in [0.05, 0.1) is 12.2 Å². The first-order valence-corrected chi connectivity index (χ1v) is 10.6. The van der Waals surface area contributed by atoms with E-state index in [1.165, 1.54) is 16.2 Å². The number of nitrogens with one attached hydrogen (secondary N) is 1. The molecule has 1 aliphatic carbocycles. The fourth-order valence-electron chi connectivity index (χ4n) is 3.38. The second kappa shape index (κ2) is 8.78. The van der Waals surface area contributed by atoms with Crippen LogP contribution in [0.4, 0.5) is 5.00 Å². The number of hydrogen-bond acceptors (Lipinski definition) is 5. The highest BCUT2D eigenvalue weighted by Crippen LogP contribution is 2.38. The molecule has 1 aliphatic rings. The van der Waals surface area contributed by atoms with Crippen LogP contribution >= 0.6 is 11.3 Å². The minimum atomic E-state index is -0.685. The Morgan fingerprint density at radius 2 is 1.96 bits per heavy atom. The smallest absolute Gasteiger partial charge is 0.341 e. The third-order valence-corrected chi connectivity index (χ3v) is 6.32. The van der Waals surface area contributed by atoms with Crippen LogP contribution in [0, 0.1) is 13.8 Å². The summed E-state index contributed by atoms with van der Waals surface area (Å²) in [5, 5.41) is 3.49. The van der Waals surface area contributed by atoms with E-state index in [2.05, 4.69) is 5.32 Å². The highest BCUT2D eigenvalue weighted by atomic mass is 32.1. The van der Waals surface area contributed by atoms with Gasteiger partial charge in [0, 0.05) is 4.88 Å². The molecule has 0 unspecified atom stereocenters. The minimum Gasteiger partial charge on any atom is -0.481 e. The summed E-state index contributed by atoms with van der Waals surface area (Å²) in [4.78, 5) is 26.5. The minimum absolute atomic E-state index is 0.273. The molecule has 0 saturated carbocycles. The number of carbonyl (C=O) groups excluding carboxylic acids is 2. The molecular formula is C22H27NO4S. The predicted molar refractivity (Wildman–Crippen MR) is 112 cm³/mol. The maximum Gasteiger partial charge on any atom is 0.341 e. The summed E-state index contributed by atoms with van der Waals surface area (Å²) in [6.07, 6.45) is 3.27. The van der Waals surface area contributed by atoms with E-state index in [1.54, 1.807) is 13.8 Å². The van der Waals surface area contributed by atoms with E-state index >= 15 is 0 Å². The molecule has 1 aromatic carbocycles. The van der Waals surface area contributed by atoms with E-state index in [0.29, 0.717) is 22.9 Å². The number of esters is 1. The van der Waals surface area contributed by atoms with Crippen molar-refractivity contribution < 1.29 is 19.1 Å². The monoisotopic (exact) mass is 401 g/mol. The van der Waals surface area contributed by atoms with Gasteiger partial charge in [0.25, 0.3) is 5.91 Å².